The molecule has 0 spiro atoms. The van der Waals surface area contributed by atoms with Gasteiger partial charge in [0.15, 0.2) is 0 Å². The van der Waals surface area contributed by atoms with E-state index in [1.54, 1.807) is 0 Å². The van der Waals surface area contributed by atoms with Crippen molar-refractivity contribution >= 4 is 31.6 Å². The fourth-order valence-electron chi connectivity index (χ4n) is 2.30. The van der Waals surface area contributed by atoms with Gasteiger partial charge in [-0.05, 0) is 30.5 Å². The van der Waals surface area contributed by atoms with Gasteiger partial charge >= 0.3 is 0 Å². The highest BCUT2D eigenvalue weighted by atomic mass is 35.5. The SMILES string of the molecule is C=CS(=O)(=O)NCC1CCN(S(=O)(=O)c2ccc(F)cc2Cl)C1. The summed E-state index contributed by atoms with van der Waals surface area (Å²) in [5, 5.41) is 0.621. The molecule has 0 saturated carbocycles. The van der Waals surface area contributed by atoms with Crippen molar-refractivity contribution in [2.75, 3.05) is 19.6 Å². The molecular formula is C13H16ClFN2O4S2. The first-order chi connectivity index (χ1) is 10.7. The van der Waals surface area contributed by atoms with Gasteiger partial charge in [0.05, 0.1) is 5.02 Å². The molecule has 23 heavy (non-hydrogen) atoms. The van der Waals surface area contributed by atoms with Gasteiger partial charge in [-0.25, -0.2) is 25.9 Å². The molecule has 1 aliphatic rings. The first-order valence-electron chi connectivity index (χ1n) is 6.73. The summed E-state index contributed by atoms with van der Waals surface area (Å²) in [6.07, 6.45) is 0.512. The molecule has 1 atom stereocenters. The van der Waals surface area contributed by atoms with Crippen LogP contribution in [0.4, 0.5) is 4.39 Å². The fourth-order valence-corrected chi connectivity index (χ4v) is 4.92. The summed E-state index contributed by atoms with van der Waals surface area (Å²) in [4.78, 5) is -0.159. The van der Waals surface area contributed by atoms with Crippen LogP contribution in [-0.4, -0.2) is 40.8 Å². The van der Waals surface area contributed by atoms with Crippen molar-refractivity contribution in [3.8, 4) is 0 Å². The third-order valence-electron chi connectivity index (χ3n) is 3.55. The Labute approximate surface area is 140 Å². The quantitative estimate of drug-likeness (QED) is 0.809. The molecule has 1 fully saturated rings. The number of hydrogen-bond donors (Lipinski definition) is 1. The van der Waals surface area contributed by atoms with E-state index in [-0.39, 0.29) is 35.5 Å². The Morgan fingerprint density at radius 2 is 2.09 bits per heavy atom. The lowest BCUT2D eigenvalue weighted by Crippen LogP contribution is -2.32. The van der Waals surface area contributed by atoms with Crippen molar-refractivity contribution in [2.45, 2.75) is 11.3 Å². The molecule has 0 amide bonds. The lowest BCUT2D eigenvalue weighted by molar-refractivity contribution is 0.455. The highest BCUT2D eigenvalue weighted by molar-refractivity contribution is 7.92. The molecule has 1 unspecified atom stereocenters. The minimum Gasteiger partial charge on any atom is -0.211 e. The normalized spacial score (nSPS) is 19.8. The highest BCUT2D eigenvalue weighted by Crippen LogP contribution is 2.29. The minimum atomic E-state index is -3.84. The standard InChI is InChI=1S/C13H16ClFN2O4S2/c1-2-22(18,19)16-8-10-5-6-17(9-10)23(20,21)13-4-3-11(15)7-12(13)14/h2-4,7,10,16H,1,5-6,8-9H2. The van der Waals surface area contributed by atoms with Crippen molar-refractivity contribution in [3.05, 3.63) is 41.0 Å². The monoisotopic (exact) mass is 382 g/mol. The predicted octanol–water partition coefficient (Wildman–Crippen LogP) is 1.55. The van der Waals surface area contributed by atoms with Gasteiger partial charge in [-0.1, -0.05) is 18.2 Å². The molecule has 0 bridgehead atoms. The average Bonchev–Trinajstić information content (AvgIpc) is 2.94. The second kappa shape index (κ2) is 6.86. The van der Waals surface area contributed by atoms with E-state index in [0.717, 1.165) is 23.6 Å². The number of hydrogen-bond acceptors (Lipinski definition) is 4. The van der Waals surface area contributed by atoms with Crippen LogP contribution in [0.25, 0.3) is 0 Å². The molecule has 1 aromatic rings. The Kier molecular flexibility index (Phi) is 5.47. The van der Waals surface area contributed by atoms with Crippen molar-refractivity contribution in [2.24, 2.45) is 5.92 Å². The van der Waals surface area contributed by atoms with E-state index in [9.17, 15) is 21.2 Å². The van der Waals surface area contributed by atoms with Crippen LogP contribution in [-0.2, 0) is 20.0 Å². The lowest BCUT2D eigenvalue weighted by Gasteiger charge is -2.17. The zero-order chi connectivity index (χ0) is 17.3. The Balaban J connectivity index is 2.10. The van der Waals surface area contributed by atoms with E-state index in [2.05, 4.69) is 11.3 Å². The van der Waals surface area contributed by atoms with E-state index < -0.39 is 25.9 Å². The number of rotatable bonds is 6. The number of sulfonamides is 2. The molecule has 2 rings (SSSR count). The molecule has 6 nitrogen and oxygen atoms in total. The molecule has 128 valence electrons. The third-order valence-corrected chi connectivity index (χ3v) is 6.91. The van der Waals surface area contributed by atoms with E-state index in [1.807, 2.05) is 0 Å². The highest BCUT2D eigenvalue weighted by Gasteiger charge is 2.34. The second-order valence-electron chi connectivity index (χ2n) is 5.15. The van der Waals surface area contributed by atoms with Crippen LogP contribution in [0.5, 0.6) is 0 Å². The average molecular weight is 383 g/mol. The van der Waals surface area contributed by atoms with Crippen LogP contribution in [0.1, 0.15) is 6.42 Å². The van der Waals surface area contributed by atoms with Gasteiger partial charge in [0.25, 0.3) is 0 Å². The number of benzene rings is 1. The number of nitrogens with zero attached hydrogens (tertiary/aromatic N) is 1. The smallest absolute Gasteiger partial charge is 0.211 e. The zero-order valence-corrected chi connectivity index (χ0v) is 14.5. The van der Waals surface area contributed by atoms with Gasteiger partial charge < -0.3 is 0 Å². The van der Waals surface area contributed by atoms with Gasteiger partial charge in [-0.15, -0.1) is 0 Å². The summed E-state index contributed by atoms with van der Waals surface area (Å²) < 4.78 is 64.3. The van der Waals surface area contributed by atoms with Crippen LogP contribution >= 0.6 is 11.6 Å². The summed E-state index contributed by atoms with van der Waals surface area (Å²) in [6.45, 7) is 3.72. The van der Waals surface area contributed by atoms with Crippen LogP contribution in [0.2, 0.25) is 5.02 Å². The summed E-state index contributed by atoms with van der Waals surface area (Å²) in [5.41, 5.74) is 0. The topological polar surface area (TPSA) is 83.6 Å². The largest absolute Gasteiger partial charge is 0.244 e. The maximum Gasteiger partial charge on any atom is 0.244 e. The van der Waals surface area contributed by atoms with Crippen molar-refractivity contribution in [3.63, 3.8) is 0 Å². The van der Waals surface area contributed by atoms with Gasteiger partial charge in [0.1, 0.15) is 10.7 Å². The molecule has 1 aliphatic heterocycles. The molecule has 0 aliphatic carbocycles. The van der Waals surface area contributed by atoms with Crippen molar-refractivity contribution in [1.29, 1.82) is 0 Å². The maximum atomic E-state index is 13.1. The van der Waals surface area contributed by atoms with E-state index in [4.69, 9.17) is 11.6 Å². The van der Waals surface area contributed by atoms with Crippen LogP contribution < -0.4 is 4.72 Å². The maximum absolute atomic E-state index is 13.1. The van der Waals surface area contributed by atoms with Gasteiger partial charge in [-0.2, -0.15) is 4.31 Å². The number of nitrogens with one attached hydrogen (secondary N) is 1. The predicted molar refractivity (Wildman–Crippen MR) is 85.4 cm³/mol. The van der Waals surface area contributed by atoms with Crippen LogP contribution in [0.15, 0.2) is 35.1 Å². The van der Waals surface area contributed by atoms with Gasteiger partial charge in [0, 0.05) is 25.0 Å². The Morgan fingerprint density at radius 3 is 2.70 bits per heavy atom. The fraction of sp³-hybridized carbons (Fsp3) is 0.385. The molecule has 1 heterocycles. The Morgan fingerprint density at radius 1 is 1.39 bits per heavy atom. The molecule has 10 heteroatoms. The Bertz CT molecular complexity index is 811. The first-order valence-corrected chi connectivity index (χ1v) is 10.1. The zero-order valence-electron chi connectivity index (χ0n) is 12.1. The van der Waals surface area contributed by atoms with E-state index in [0.29, 0.717) is 6.42 Å². The summed E-state index contributed by atoms with van der Waals surface area (Å²) in [5.74, 6) is -0.772. The van der Waals surface area contributed by atoms with E-state index >= 15 is 0 Å². The van der Waals surface area contributed by atoms with Crippen molar-refractivity contribution < 1.29 is 21.2 Å². The number of halogens is 2. The molecular weight excluding hydrogens is 367 g/mol. The van der Waals surface area contributed by atoms with Crippen LogP contribution in [0.3, 0.4) is 0 Å². The van der Waals surface area contributed by atoms with Crippen molar-refractivity contribution in [1.82, 2.24) is 9.03 Å². The van der Waals surface area contributed by atoms with Crippen LogP contribution in [0, 0.1) is 11.7 Å². The lowest BCUT2D eigenvalue weighted by atomic mass is 10.1. The second-order valence-corrected chi connectivity index (χ2v) is 9.18. The minimum absolute atomic E-state index is 0.123. The third kappa shape index (κ3) is 4.30. The summed E-state index contributed by atoms with van der Waals surface area (Å²) in [6, 6.07) is 3.10. The van der Waals surface area contributed by atoms with E-state index in [1.165, 1.54) is 4.31 Å². The molecule has 1 aromatic carbocycles. The first kappa shape index (κ1) is 18.3. The summed E-state index contributed by atoms with van der Waals surface area (Å²) >= 11 is 5.82. The molecule has 0 radical (unpaired) electrons. The summed E-state index contributed by atoms with van der Waals surface area (Å²) in [7, 11) is -7.38. The molecule has 1 saturated heterocycles. The Hall–Kier alpha value is -1.00. The van der Waals surface area contributed by atoms with Gasteiger partial charge in [0.2, 0.25) is 20.0 Å². The molecule has 0 aromatic heterocycles. The van der Waals surface area contributed by atoms with Gasteiger partial charge in [-0.3, -0.25) is 0 Å². The molecule has 1 N–H and O–H groups in total.